The molecule has 1 unspecified atom stereocenters. The third-order valence-electron chi connectivity index (χ3n) is 14.5. The lowest BCUT2D eigenvalue weighted by Gasteiger charge is -2.18. The van der Waals surface area contributed by atoms with Gasteiger partial charge < -0.3 is 14.2 Å². The fourth-order valence-corrected chi connectivity index (χ4v) is 9.74. The average Bonchev–Trinajstić information content (AvgIpc) is 3.36. The normalized spacial score (nSPS) is 12.0. The molecule has 0 spiro atoms. The maximum absolute atomic E-state index is 12.8. The van der Waals surface area contributed by atoms with Gasteiger partial charge in [-0.25, -0.2) is 0 Å². The van der Waals surface area contributed by atoms with Crippen LogP contribution in [0.15, 0.2) is 12.2 Å². The maximum Gasteiger partial charge on any atom is 0.306 e. The summed E-state index contributed by atoms with van der Waals surface area (Å²) in [5, 5.41) is 0. The average molecular weight is 988 g/mol. The SMILES string of the molecule is CCCCCC/C=C\CCCCCCCC(=O)OC(COC(=O)CCCCCCCC)COC(=O)CCCCCCCCCCCCCCCCCCCCCCCCCCCCCCCCCCC. The van der Waals surface area contributed by atoms with Gasteiger partial charge in [0, 0.05) is 19.3 Å². The van der Waals surface area contributed by atoms with Crippen molar-refractivity contribution in [1.82, 2.24) is 0 Å². The summed E-state index contributed by atoms with van der Waals surface area (Å²) >= 11 is 0. The van der Waals surface area contributed by atoms with Crippen LogP contribution in [-0.4, -0.2) is 37.2 Å². The van der Waals surface area contributed by atoms with Gasteiger partial charge in [0.25, 0.3) is 0 Å². The Labute approximate surface area is 437 Å². The first kappa shape index (κ1) is 68.2. The number of rotatable bonds is 59. The molecule has 0 aromatic carbocycles. The van der Waals surface area contributed by atoms with Crippen molar-refractivity contribution in [3.05, 3.63) is 12.2 Å². The second kappa shape index (κ2) is 59.7. The Morgan fingerprint density at radius 1 is 0.271 bits per heavy atom. The van der Waals surface area contributed by atoms with Gasteiger partial charge in [-0.05, 0) is 44.9 Å². The minimum absolute atomic E-state index is 0.0688. The Kier molecular flexibility index (Phi) is 58.1. The topological polar surface area (TPSA) is 78.9 Å². The van der Waals surface area contributed by atoms with Crippen LogP contribution < -0.4 is 0 Å². The zero-order valence-electron chi connectivity index (χ0n) is 47.6. The molecule has 70 heavy (non-hydrogen) atoms. The van der Waals surface area contributed by atoms with Crippen LogP contribution in [0.5, 0.6) is 0 Å². The molecule has 0 aromatic rings. The van der Waals surface area contributed by atoms with Crippen molar-refractivity contribution < 1.29 is 28.6 Å². The maximum atomic E-state index is 12.8. The fraction of sp³-hybridized carbons (Fsp3) is 0.922. The van der Waals surface area contributed by atoms with Crippen molar-refractivity contribution in [2.45, 2.75) is 367 Å². The van der Waals surface area contributed by atoms with Crippen LogP contribution in [0.25, 0.3) is 0 Å². The van der Waals surface area contributed by atoms with E-state index in [9.17, 15) is 14.4 Å². The third-order valence-corrected chi connectivity index (χ3v) is 14.5. The standard InChI is InChI=1S/C64H122O6/c1-4-7-10-13-16-18-20-22-23-24-25-26-27-28-29-30-31-32-33-34-35-36-37-38-39-40-41-43-44-46-48-51-54-57-63(66)69-60-61(59-68-62(65)56-53-50-15-12-9-6-3)70-64(67)58-55-52-49-47-45-42-21-19-17-14-11-8-5-2/h19,21,61H,4-18,20,22-60H2,1-3H3/b21-19-. The van der Waals surface area contributed by atoms with Crippen molar-refractivity contribution in [1.29, 1.82) is 0 Å². The highest BCUT2D eigenvalue weighted by Gasteiger charge is 2.19. The summed E-state index contributed by atoms with van der Waals surface area (Å²) in [5.41, 5.74) is 0. The van der Waals surface area contributed by atoms with Gasteiger partial charge in [0.05, 0.1) is 0 Å². The van der Waals surface area contributed by atoms with E-state index in [0.29, 0.717) is 19.3 Å². The Bertz CT molecular complexity index is 1090. The summed E-state index contributed by atoms with van der Waals surface area (Å²) in [6, 6.07) is 0. The Hall–Kier alpha value is -1.85. The smallest absolute Gasteiger partial charge is 0.306 e. The van der Waals surface area contributed by atoms with E-state index in [1.807, 2.05) is 0 Å². The number of carbonyl (C=O) groups excluding carboxylic acids is 3. The molecule has 0 aliphatic carbocycles. The van der Waals surface area contributed by atoms with Crippen LogP contribution in [-0.2, 0) is 28.6 Å². The van der Waals surface area contributed by atoms with E-state index < -0.39 is 6.10 Å². The monoisotopic (exact) mass is 987 g/mol. The first-order chi connectivity index (χ1) is 34.5. The van der Waals surface area contributed by atoms with Gasteiger partial charge in [-0.2, -0.15) is 0 Å². The van der Waals surface area contributed by atoms with Crippen LogP contribution >= 0.6 is 0 Å². The van der Waals surface area contributed by atoms with Gasteiger partial charge in [-0.15, -0.1) is 0 Å². The molecule has 0 fully saturated rings. The number of esters is 3. The molecule has 0 aliphatic heterocycles. The Morgan fingerprint density at radius 2 is 0.471 bits per heavy atom. The van der Waals surface area contributed by atoms with E-state index in [2.05, 4.69) is 32.9 Å². The zero-order chi connectivity index (χ0) is 50.7. The molecule has 6 nitrogen and oxygen atoms in total. The molecular weight excluding hydrogens is 865 g/mol. The number of ether oxygens (including phenoxy) is 3. The van der Waals surface area contributed by atoms with Gasteiger partial charge in [-0.1, -0.05) is 309 Å². The predicted molar refractivity (Wildman–Crippen MR) is 303 cm³/mol. The number of hydrogen-bond donors (Lipinski definition) is 0. The summed E-state index contributed by atoms with van der Waals surface area (Å²) in [6.45, 7) is 6.61. The van der Waals surface area contributed by atoms with Crippen molar-refractivity contribution in [2.75, 3.05) is 13.2 Å². The molecule has 0 saturated heterocycles. The highest BCUT2D eigenvalue weighted by atomic mass is 16.6. The molecular formula is C64H122O6. The van der Waals surface area contributed by atoms with Gasteiger partial charge in [0.2, 0.25) is 0 Å². The van der Waals surface area contributed by atoms with E-state index in [-0.39, 0.29) is 31.1 Å². The molecule has 0 N–H and O–H groups in total. The largest absolute Gasteiger partial charge is 0.462 e. The lowest BCUT2D eigenvalue weighted by Crippen LogP contribution is -2.30. The van der Waals surface area contributed by atoms with Gasteiger partial charge in [0.15, 0.2) is 6.10 Å². The van der Waals surface area contributed by atoms with E-state index in [1.165, 1.54) is 257 Å². The quantitative estimate of drug-likeness (QED) is 0.0261. The molecule has 414 valence electrons. The molecule has 0 radical (unpaired) electrons. The summed E-state index contributed by atoms with van der Waals surface area (Å²) < 4.78 is 16.8. The highest BCUT2D eigenvalue weighted by molar-refractivity contribution is 5.71. The molecule has 0 bridgehead atoms. The van der Waals surface area contributed by atoms with Crippen LogP contribution in [0, 0.1) is 0 Å². The number of carbonyl (C=O) groups is 3. The summed E-state index contributed by atoms with van der Waals surface area (Å²) in [7, 11) is 0. The lowest BCUT2D eigenvalue weighted by molar-refractivity contribution is -0.167. The molecule has 6 heteroatoms. The number of unbranched alkanes of at least 4 members (excludes halogenated alkanes) is 46. The zero-order valence-corrected chi connectivity index (χ0v) is 47.6. The minimum atomic E-state index is -0.767. The second-order valence-corrected chi connectivity index (χ2v) is 21.7. The van der Waals surface area contributed by atoms with Gasteiger partial charge >= 0.3 is 17.9 Å². The van der Waals surface area contributed by atoms with E-state index >= 15 is 0 Å². The van der Waals surface area contributed by atoms with Crippen molar-refractivity contribution in [3.63, 3.8) is 0 Å². The Morgan fingerprint density at radius 3 is 0.729 bits per heavy atom. The molecule has 0 amide bonds. The van der Waals surface area contributed by atoms with Crippen LogP contribution in [0.2, 0.25) is 0 Å². The first-order valence-corrected chi connectivity index (χ1v) is 31.7. The van der Waals surface area contributed by atoms with Crippen LogP contribution in [0.1, 0.15) is 361 Å². The van der Waals surface area contributed by atoms with E-state index in [1.54, 1.807) is 0 Å². The molecule has 0 saturated carbocycles. The molecule has 0 aliphatic rings. The van der Waals surface area contributed by atoms with E-state index in [4.69, 9.17) is 14.2 Å². The molecule has 0 heterocycles. The highest BCUT2D eigenvalue weighted by Crippen LogP contribution is 2.18. The minimum Gasteiger partial charge on any atom is -0.462 e. The van der Waals surface area contributed by atoms with Crippen LogP contribution in [0.4, 0.5) is 0 Å². The second-order valence-electron chi connectivity index (χ2n) is 21.7. The van der Waals surface area contributed by atoms with Crippen LogP contribution in [0.3, 0.4) is 0 Å². The summed E-state index contributed by atoms with van der Waals surface area (Å²) in [4.78, 5) is 37.8. The van der Waals surface area contributed by atoms with E-state index in [0.717, 1.165) is 64.2 Å². The number of allylic oxidation sites excluding steroid dienone is 2. The summed E-state index contributed by atoms with van der Waals surface area (Å²) in [6.07, 6.45) is 70.0. The first-order valence-electron chi connectivity index (χ1n) is 31.7. The lowest BCUT2D eigenvalue weighted by atomic mass is 10.0. The molecule has 0 aromatic heterocycles. The Balaban J connectivity index is 3.86. The predicted octanol–water partition coefficient (Wildman–Crippen LogP) is 21.3. The van der Waals surface area contributed by atoms with Crippen molar-refractivity contribution in [3.8, 4) is 0 Å². The molecule has 0 rings (SSSR count). The van der Waals surface area contributed by atoms with Crippen molar-refractivity contribution in [2.24, 2.45) is 0 Å². The number of hydrogen-bond acceptors (Lipinski definition) is 6. The summed E-state index contributed by atoms with van der Waals surface area (Å²) in [5.74, 6) is -0.868. The fourth-order valence-electron chi connectivity index (χ4n) is 9.74. The van der Waals surface area contributed by atoms with Gasteiger partial charge in [-0.3, -0.25) is 14.4 Å². The van der Waals surface area contributed by atoms with Gasteiger partial charge in [0.1, 0.15) is 13.2 Å². The molecule has 1 atom stereocenters. The van der Waals surface area contributed by atoms with Crippen molar-refractivity contribution >= 4 is 17.9 Å². The third kappa shape index (κ3) is 57.1.